The highest BCUT2D eigenvalue weighted by Gasteiger charge is 2.06. The summed E-state index contributed by atoms with van der Waals surface area (Å²) in [5.74, 6) is 3.18. The first-order valence-electron chi connectivity index (χ1n) is 7.34. The van der Waals surface area contributed by atoms with Crippen LogP contribution in [0.2, 0.25) is 5.02 Å². The molecule has 0 atom stereocenters. The molecule has 2 N–H and O–H groups in total. The van der Waals surface area contributed by atoms with Crippen LogP contribution in [0, 0.1) is 13.8 Å². The molecule has 0 saturated heterocycles. The van der Waals surface area contributed by atoms with Crippen molar-refractivity contribution in [3.8, 4) is 0 Å². The number of aromatic nitrogens is 1. The van der Waals surface area contributed by atoms with E-state index in [9.17, 15) is 0 Å². The molecular formula is C16H21ClN4OS. The first-order valence-corrected chi connectivity index (χ1v) is 8.70. The lowest BCUT2D eigenvalue weighted by molar-refractivity contribution is 0.464. The van der Waals surface area contributed by atoms with Gasteiger partial charge in [-0.1, -0.05) is 11.6 Å². The number of halogens is 1. The minimum atomic E-state index is 0.513. The van der Waals surface area contributed by atoms with Crippen LogP contribution in [0.4, 0.5) is 0 Å². The predicted octanol–water partition coefficient (Wildman–Crippen LogP) is 3.40. The summed E-state index contributed by atoms with van der Waals surface area (Å²) in [4.78, 5) is 9.72. The van der Waals surface area contributed by atoms with Crippen molar-refractivity contribution < 1.29 is 4.42 Å². The van der Waals surface area contributed by atoms with Crippen molar-refractivity contribution >= 4 is 29.3 Å². The zero-order valence-corrected chi connectivity index (χ0v) is 15.1. The van der Waals surface area contributed by atoms with Crippen molar-refractivity contribution in [3.05, 3.63) is 46.6 Å². The number of thioether (sulfide) groups is 1. The van der Waals surface area contributed by atoms with Gasteiger partial charge < -0.3 is 15.1 Å². The highest BCUT2D eigenvalue weighted by atomic mass is 35.5. The Morgan fingerprint density at radius 2 is 2.00 bits per heavy atom. The number of hydrogen-bond acceptors (Lipinski definition) is 4. The Kier molecular flexibility index (Phi) is 6.80. The van der Waals surface area contributed by atoms with E-state index in [2.05, 4.69) is 20.6 Å². The molecule has 0 bridgehead atoms. The number of benzene rings is 1. The van der Waals surface area contributed by atoms with E-state index >= 15 is 0 Å². The van der Waals surface area contributed by atoms with Crippen molar-refractivity contribution in [1.29, 1.82) is 0 Å². The van der Waals surface area contributed by atoms with Gasteiger partial charge in [0, 0.05) is 29.3 Å². The molecular weight excluding hydrogens is 332 g/mol. The number of nitrogens with zero attached hydrogens (tertiary/aromatic N) is 2. The van der Waals surface area contributed by atoms with Gasteiger partial charge in [-0.15, -0.1) is 11.8 Å². The average Bonchev–Trinajstić information content (AvgIpc) is 2.87. The lowest BCUT2D eigenvalue weighted by Crippen LogP contribution is -2.38. The number of aryl methyl sites for hydroxylation is 2. The Hall–Kier alpha value is -1.66. The third kappa shape index (κ3) is 5.80. The van der Waals surface area contributed by atoms with Gasteiger partial charge in [-0.25, -0.2) is 4.98 Å². The third-order valence-corrected chi connectivity index (χ3v) is 4.45. The van der Waals surface area contributed by atoms with Crippen LogP contribution in [0.1, 0.15) is 17.3 Å². The molecule has 5 nitrogen and oxygen atoms in total. The molecule has 0 spiro atoms. The number of guanidine groups is 1. The maximum absolute atomic E-state index is 5.87. The second-order valence-electron chi connectivity index (χ2n) is 4.90. The number of rotatable bonds is 6. The van der Waals surface area contributed by atoms with Gasteiger partial charge in [-0.2, -0.15) is 0 Å². The molecule has 1 aromatic carbocycles. The van der Waals surface area contributed by atoms with Gasteiger partial charge in [0.05, 0.1) is 12.2 Å². The van der Waals surface area contributed by atoms with Crippen molar-refractivity contribution in [3.63, 3.8) is 0 Å². The van der Waals surface area contributed by atoms with E-state index in [4.69, 9.17) is 16.0 Å². The highest BCUT2D eigenvalue weighted by Crippen LogP contribution is 2.19. The smallest absolute Gasteiger partial charge is 0.214 e. The summed E-state index contributed by atoms with van der Waals surface area (Å²) in [6.07, 6.45) is 0. The van der Waals surface area contributed by atoms with E-state index in [0.29, 0.717) is 12.4 Å². The van der Waals surface area contributed by atoms with Gasteiger partial charge >= 0.3 is 0 Å². The maximum atomic E-state index is 5.87. The molecule has 124 valence electrons. The van der Waals surface area contributed by atoms with Gasteiger partial charge in [-0.3, -0.25) is 4.99 Å². The Labute approximate surface area is 145 Å². The Morgan fingerprint density at radius 1 is 1.26 bits per heavy atom. The standard InChI is InChI=1S/C16H21ClN4OS/c1-11-12(2)22-15(21-11)10-20-16(18-3)19-8-9-23-14-6-4-13(17)5-7-14/h4-7H,8-10H2,1-3H3,(H2,18,19,20). The Balaban J connectivity index is 1.69. The second-order valence-corrected chi connectivity index (χ2v) is 6.51. The van der Waals surface area contributed by atoms with Crippen molar-refractivity contribution in [1.82, 2.24) is 15.6 Å². The fraction of sp³-hybridized carbons (Fsp3) is 0.375. The van der Waals surface area contributed by atoms with Crippen molar-refractivity contribution in [2.45, 2.75) is 25.3 Å². The van der Waals surface area contributed by atoms with Crippen LogP contribution in [0.15, 0.2) is 38.6 Å². The van der Waals surface area contributed by atoms with Gasteiger partial charge in [0.2, 0.25) is 5.89 Å². The predicted molar refractivity (Wildman–Crippen MR) is 96.4 cm³/mol. The molecule has 23 heavy (non-hydrogen) atoms. The van der Waals surface area contributed by atoms with E-state index in [1.165, 1.54) is 4.90 Å². The van der Waals surface area contributed by atoms with Crippen LogP contribution < -0.4 is 10.6 Å². The van der Waals surface area contributed by atoms with Crippen molar-refractivity contribution in [2.75, 3.05) is 19.3 Å². The number of aliphatic imine (C=N–C) groups is 1. The SMILES string of the molecule is CN=C(NCCSc1ccc(Cl)cc1)NCc1nc(C)c(C)o1. The third-order valence-electron chi connectivity index (χ3n) is 3.18. The Bertz CT molecular complexity index is 635. The van der Waals surface area contributed by atoms with Crippen molar-refractivity contribution in [2.24, 2.45) is 4.99 Å². The Morgan fingerprint density at radius 3 is 2.61 bits per heavy atom. The van der Waals surface area contributed by atoms with E-state index in [1.54, 1.807) is 18.8 Å². The molecule has 0 fully saturated rings. The van der Waals surface area contributed by atoms with Gasteiger partial charge in [-0.05, 0) is 38.1 Å². The summed E-state index contributed by atoms with van der Waals surface area (Å²) in [6, 6.07) is 7.84. The number of oxazole rings is 1. The lowest BCUT2D eigenvalue weighted by atomic mass is 10.4. The topological polar surface area (TPSA) is 62.5 Å². The fourth-order valence-electron chi connectivity index (χ4n) is 1.86. The van der Waals surface area contributed by atoms with Crippen LogP contribution in [0.25, 0.3) is 0 Å². The zero-order chi connectivity index (χ0) is 16.7. The van der Waals surface area contributed by atoms with Gasteiger partial charge in [0.25, 0.3) is 0 Å². The van der Waals surface area contributed by atoms with Crippen LogP contribution in [0.5, 0.6) is 0 Å². The second kappa shape index (κ2) is 8.84. The normalized spacial score (nSPS) is 11.6. The molecule has 0 saturated carbocycles. The summed E-state index contributed by atoms with van der Waals surface area (Å²) in [5.41, 5.74) is 0.920. The van der Waals surface area contributed by atoms with Crippen LogP contribution in [-0.4, -0.2) is 30.3 Å². The van der Waals surface area contributed by atoms with Gasteiger partial charge in [0.1, 0.15) is 5.76 Å². The summed E-state index contributed by atoms with van der Waals surface area (Å²) < 4.78 is 5.53. The lowest BCUT2D eigenvalue weighted by Gasteiger charge is -2.10. The van der Waals surface area contributed by atoms with E-state index in [-0.39, 0.29) is 0 Å². The first-order chi connectivity index (χ1) is 11.1. The average molecular weight is 353 g/mol. The van der Waals surface area contributed by atoms with Crippen LogP contribution >= 0.6 is 23.4 Å². The molecule has 2 rings (SSSR count). The monoisotopic (exact) mass is 352 g/mol. The molecule has 1 aromatic heterocycles. The quantitative estimate of drug-likeness (QED) is 0.361. The minimum Gasteiger partial charge on any atom is -0.444 e. The molecule has 0 unspecified atom stereocenters. The van der Waals surface area contributed by atoms with E-state index < -0.39 is 0 Å². The largest absolute Gasteiger partial charge is 0.444 e. The minimum absolute atomic E-state index is 0.513. The number of nitrogens with one attached hydrogen (secondary N) is 2. The molecule has 7 heteroatoms. The molecule has 2 aromatic rings. The van der Waals surface area contributed by atoms with E-state index in [0.717, 1.165) is 34.7 Å². The molecule has 0 aliphatic heterocycles. The maximum Gasteiger partial charge on any atom is 0.214 e. The molecule has 0 aliphatic carbocycles. The summed E-state index contributed by atoms with van der Waals surface area (Å²) in [5, 5.41) is 7.21. The van der Waals surface area contributed by atoms with E-state index in [1.807, 2.05) is 38.1 Å². The summed E-state index contributed by atoms with van der Waals surface area (Å²) in [6.45, 7) is 5.16. The molecule has 0 radical (unpaired) electrons. The molecule has 1 heterocycles. The van der Waals surface area contributed by atoms with Crippen LogP contribution in [0.3, 0.4) is 0 Å². The highest BCUT2D eigenvalue weighted by molar-refractivity contribution is 7.99. The zero-order valence-electron chi connectivity index (χ0n) is 13.5. The van der Waals surface area contributed by atoms with Crippen LogP contribution in [-0.2, 0) is 6.54 Å². The summed E-state index contributed by atoms with van der Waals surface area (Å²) in [7, 11) is 1.74. The first kappa shape index (κ1) is 17.7. The number of hydrogen-bond donors (Lipinski definition) is 2. The molecule has 0 aliphatic rings. The molecule has 0 amide bonds. The van der Waals surface area contributed by atoms with Gasteiger partial charge in [0.15, 0.2) is 5.96 Å². The summed E-state index contributed by atoms with van der Waals surface area (Å²) >= 11 is 7.64. The fourth-order valence-corrected chi connectivity index (χ4v) is 2.76.